The van der Waals surface area contributed by atoms with Gasteiger partial charge in [-0.25, -0.2) is 0 Å². The molecule has 1 aliphatic rings. The van der Waals surface area contributed by atoms with Crippen LogP contribution < -0.4 is 4.74 Å². The smallest absolute Gasteiger partial charge is 0.312 e. The molecule has 0 saturated heterocycles. The monoisotopic (exact) mass is 369 g/mol. The Morgan fingerprint density at radius 1 is 1.22 bits per heavy atom. The average Bonchev–Trinajstić information content (AvgIpc) is 2.70. The molecule has 2 unspecified atom stereocenters. The Balaban J connectivity index is 1.67. The van der Waals surface area contributed by atoms with Gasteiger partial charge in [-0.05, 0) is 35.7 Å². The van der Waals surface area contributed by atoms with Gasteiger partial charge in [0.05, 0.1) is 19.6 Å². The van der Waals surface area contributed by atoms with Crippen molar-refractivity contribution in [3.63, 3.8) is 0 Å². The number of carbonyl (C=O) groups excluding carboxylic acids is 1. The standard InChI is InChI=1S/C21H23NO5/c1-14(27-13-15-6-5-8-17(10-15)26-2)20(23)22-11-16-7-3-4-9-18(16)19(12-22)21(24)25/h3-10,14,19H,11-13H2,1-2H3,(H,24,25). The maximum absolute atomic E-state index is 12.8. The Hall–Kier alpha value is -2.86. The first-order valence-electron chi connectivity index (χ1n) is 8.83. The lowest BCUT2D eigenvalue weighted by molar-refractivity contribution is -0.147. The quantitative estimate of drug-likeness (QED) is 0.847. The minimum Gasteiger partial charge on any atom is -0.497 e. The lowest BCUT2D eigenvalue weighted by Crippen LogP contribution is -2.45. The maximum Gasteiger partial charge on any atom is 0.312 e. The van der Waals surface area contributed by atoms with Crippen molar-refractivity contribution in [2.45, 2.75) is 32.1 Å². The second-order valence-corrected chi connectivity index (χ2v) is 6.61. The van der Waals surface area contributed by atoms with Crippen LogP contribution in [-0.4, -0.2) is 41.6 Å². The lowest BCUT2D eigenvalue weighted by atomic mass is 9.89. The van der Waals surface area contributed by atoms with Gasteiger partial charge in [0.1, 0.15) is 11.9 Å². The molecular formula is C21H23NO5. The van der Waals surface area contributed by atoms with Crippen LogP contribution in [0.5, 0.6) is 5.75 Å². The number of hydrogen-bond donors (Lipinski definition) is 1. The minimum absolute atomic E-state index is 0.151. The number of amides is 1. The number of aliphatic carboxylic acids is 1. The van der Waals surface area contributed by atoms with E-state index in [-0.39, 0.29) is 19.1 Å². The normalized spacial score (nSPS) is 17.1. The molecule has 0 fully saturated rings. The van der Waals surface area contributed by atoms with Gasteiger partial charge < -0.3 is 19.5 Å². The summed E-state index contributed by atoms with van der Waals surface area (Å²) in [5.74, 6) is -1.12. The summed E-state index contributed by atoms with van der Waals surface area (Å²) >= 11 is 0. The number of carboxylic acid groups (broad SMARTS) is 1. The predicted molar refractivity (Wildman–Crippen MR) is 99.5 cm³/mol. The maximum atomic E-state index is 12.8. The van der Waals surface area contributed by atoms with Crippen LogP contribution in [0.25, 0.3) is 0 Å². The van der Waals surface area contributed by atoms with E-state index in [2.05, 4.69) is 0 Å². The Kier molecular flexibility index (Phi) is 5.76. The molecule has 6 nitrogen and oxygen atoms in total. The van der Waals surface area contributed by atoms with Crippen molar-refractivity contribution < 1.29 is 24.2 Å². The van der Waals surface area contributed by atoms with Gasteiger partial charge >= 0.3 is 5.97 Å². The number of fused-ring (bicyclic) bond motifs is 1. The molecule has 0 aliphatic carbocycles. The van der Waals surface area contributed by atoms with E-state index >= 15 is 0 Å². The zero-order valence-electron chi connectivity index (χ0n) is 15.4. The van der Waals surface area contributed by atoms with Crippen LogP contribution in [0.3, 0.4) is 0 Å². The Morgan fingerprint density at radius 3 is 2.74 bits per heavy atom. The van der Waals surface area contributed by atoms with Gasteiger partial charge in [-0.15, -0.1) is 0 Å². The van der Waals surface area contributed by atoms with Crippen LogP contribution in [0.4, 0.5) is 0 Å². The second-order valence-electron chi connectivity index (χ2n) is 6.61. The van der Waals surface area contributed by atoms with E-state index in [1.54, 1.807) is 18.9 Å². The first kappa shape index (κ1) is 18.9. The predicted octanol–water partition coefficient (Wildman–Crippen LogP) is 2.81. The first-order valence-corrected chi connectivity index (χ1v) is 8.83. The Labute approximate surface area is 158 Å². The summed E-state index contributed by atoms with van der Waals surface area (Å²) < 4.78 is 10.9. The van der Waals surface area contributed by atoms with Crippen LogP contribution in [-0.2, 0) is 27.5 Å². The third kappa shape index (κ3) is 4.28. The largest absolute Gasteiger partial charge is 0.497 e. The van der Waals surface area contributed by atoms with E-state index in [1.165, 1.54) is 0 Å². The number of carbonyl (C=O) groups is 2. The van der Waals surface area contributed by atoms with Crippen molar-refractivity contribution in [3.05, 3.63) is 65.2 Å². The molecule has 0 saturated carbocycles. The van der Waals surface area contributed by atoms with E-state index in [0.717, 1.165) is 22.4 Å². The molecule has 1 amide bonds. The summed E-state index contributed by atoms with van der Waals surface area (Å²) in [7, 11) is 1.60. The summed E-state index contributed by atoms with van der Waals surface area (Å²) in [5, 5.41) is 9.54. The Bertz CT molecular complexity index is 835. The summed E-state index contributed by atoms with van der Waals surface area (Å²) in [4.78, 5) is 26.0. The molecule has 2 aromatic rings. The van der Waals surface area contributed by atoms with Crippen LogP contribution in [0, 0.1) is 0 Å². The molecule has 1 aliphatic heterocycles. The molecule has 142 valence electrons. The van der Waals surface area contributed by atoms with Crippen molar-refractivity contribution in [2.24, 2.45) is 0 Å². The minimum atomic E-state index is -0.926. The lowest BCUT2D eigenvalue weighted by Gasteiger charge is -2.34. The third-order valence-electron chi connectivity index (χ3n) is 4.79. The highest BCUT2D eigenvalue weighted by Gasteiger charge is 2.34. The van der Waals surface area contributed by atoms with Gasteiger partial charge in [0.2, 0.25) is 0 Å². The number of hydrogen-bond acceptors (Lipinski definition) is 4. The number of methoxy groups -OCH3 is 1. The first-order chi connectivity index (χ1) is 13.0. The van der Waals surface area contributed by atoms with Gasteiger partial charge in [0.15, 0.2) is 0 Å². The van der Waals surface area contributed by atoms with Crippen molar-refractivity contribution in [1.29, 1.82) is 0 Å². The van der Waals surface area contributed by atoms with E-state index < -0.39 is 18.0 Å². The average molecular weight is 369 g/mol. The molecule has 0 bridgehead atoms. The summed E-state index contributed by atoms with van der Waals surface area (Å²) in [6.45, 7) is 2.51. The fourth-order valence-electron chi connectivity index (χ4n) is 3.30. The molecule has 0 spiro atoms. The van der Waals surface area contributed by atoms with Crippen molar-refractivity contribution in [1.82, 2.24) is 4.90 Å². The van der Waals surface area contributed by atoms with Gasteiger partial charge in [0.25, 0.3) is 5.91 Å². The van der Waals surface area contributed by atoms with Crippen LogP contribution in [0.1, 0.15) is 29.5 Å². The van der Waals surface area contributed by atoms with E-state index in [1.807, 2.05) is 48.5 Å². The zero-order chi connectivity index (χ0) is 19.4. The summed E-state index contributed by atoms with van der Waals surface area (Å²) in [6, 6.07) is 14.8. The van der Waals surface area contributed by atoms with Crippen molar-refractivity contribution in [2.75, 3.05) is 13.7 Å². The van der Waals surface area contributed by atoms with Crippen molar-refractivity contribution in [3.8, 4) is 5.75 Å². The summed E-state index contributed by atoms with van der Waals surface area (Å²) in [5.41, 5.74) is 2.55. The SMILES string of the molecule is COc1cccc(COC(C)C(=O)N2Cc3ccccc3C(C(=O)O)C2)c1. The molecule has 1 heterocycles. The highest BCUT2D eigenvalue weighted by atomic mass is 16.5. The van der Waals surface area contributed by atoms with Crippen molar-refractivity contribution >= 4 is 11.9 Å². The van der Waals surface area contributed by atoms with Crippen LogP contribution >= 0.6 is 0 Å². The van der Waals surface area contributed by atoms with Gasteiger partial charge in [-0.2, -0.15) is 0 Å². The zero-order valence-corrected chi connectivity index (χ0v) is 15.4. The number of benzene rings is 2. The molecule has 2 aromatic carbocycles. The molecule has 0 radical (unpaired) electrons. The van der Waals surface area contributed by atoms with E-state index in [4.69, 9.17) is 9.47 Å². The topological polar surface area (TPSA) is 76.1 Å². The number of nitrogens with zero attached hydrogens (tertiary/aromatic N) is 1. The van der Waals surface area contributed by atoms with Gasteiger partial charge in [0, 0.05) is 13.1 Å². The molecular weight excluding hydrogens is 346 g/mol. The second kappa shape index (κ2) is 8.22. The number of rotatable bonds is 6. The fraction of sp³-hybridized carbons (Fsp3) is 0.333. The molecule has 2 atom stereocenters. The third-order valence-corrected chi connectivity index (χ3v) is 4.79. The van der Waals surface area contributed by atoms with Crippen LogP contribution in [0.2, 0.25) is 0 Å². The molecule has 0 aromatic heterocycles. The number of carboxylic acids is 1. The molecule has 3 rings (SSSR count). The molecule has 27 heavy (non-hydrogen) atoms. The van der Waals surface area contributed by atoms with E-state index in [9.17, 15) is 14.7 Å². The number of ether oxygens (including phenoxy) is 2. The van der Waals surface area contributed by atoms with Gasteiger partial charge in [-0.3, -0.25) is 9.59 Å². The van der Waals surface area contributed by atoms with Gasteiger partial charge in [-0.1, -0.05) is 36.4 Å². The summed E-state index contributed by atoms with van der Waals surface area (Å²) in [6.07, 6.45) is -0.670. The Morgan fingerprint density at radius 2 is 2.00 bits per heavy atom. The van der Waals surface area contributed by atoms with Crippen LogP contribution in [0.15, 0.2) is 48.5 Å². The highest BCUT2D eigenvalue weighted by Crippen LogP contribution is 2.29. The highest BCUT2D eigenvalue weighted by molar-refractivity contribution is 5.83. The molecule has 1 N–H and O–H groups in total. The molecule has 6 heteroatoms. The fourth-order valence-corrected chi connectivity index (χ4v) is 3.30. The van der Waals surface area contributed by atoms with E-state index in [0.29, 0.717) is 6.54 Å².